The minimum atomic E-state index is -3.66. The summed E-state index contributed by atoms with van der Waals surface area (Å²) >= 11 is 3.78. The molecule has 3 aliphatic carbocycles. The first-order valence-corrected chi connectivity index (χ1v) is 35.6. The van der Waals surface area contributed by atoms with Gasteiger partial charge in [-0.15, -0.1) is 11.8 Å². The Morgan fingerprint density at radius 2 is 1.38 bits per heavy atom. The zero-order chi connectivity index (χ0) is 64.4. The smallest absolute Gasteiger partial charge is 0.407 e. The number of aryl methyl sites for hydroxylation is 2. The second-order valence-electron chi connectivity index (χ2n) is 24.3. The summed E-state index contributed by atoms with van der Waals surface area (Å²) < 4.78 is 33.4. The molecule has 7 aromatic carbocycles. The van der Waals surface area contributed by atoms with Crippen molar-refractivity contribution in [2.45, 2.75) is 165 Å². The number of phenols is 2. The quantitative estimate of drug-likeness (QED) is 0.0572. The number of unbranched alkanes of at least 4 members (excludes halogenated alkanes) is 1. The molecule has 1 heterocycles. The summed E-state index contributed by atoms with van der Waals surface area (Å²) in [4.78, 5) is 28.8. The van der Waals surface area contributed by atoms with Gasteiger partial charge in [0, 0.05) is 39.9 Å². The number of fused-ring (bicyclic) bond motifs is 6. The van der Waals surface area contributed by atoms with Crippen LogP contribution in [0, 0.1) is 24.2 Å². The van der Waals surface area contributed by atoms with E-state index in [-0.39, 0.29) is 41.5 Å². The molecule has 1 aromatic heterocycles. The lowest BCUT2D eigenvalue weighted by Crippen LogP contribution is -2.43. The Hall–Kier alpha value is -7.06. The second-order valence-corrected chi connectivity index (χ2v) is 29.0. The van der Waals surface area contributed by atoms with Gasteiger partial charge in [-0.1, -0.05) is 199 Å². The predicted molar refractivity (Wildman–Crippen MR) is 366 cm³/mol. The number of aliphatic hydroxyl groups is 1. The number of benzene rings is 7. The van der Waals surface area contributed by atoms with Gasteiger partial charge in [-0.05, 0) is 169 Å². The number of alkyl carbamates (subject to hydrolysis) is 1. The normalized spacial score (nSPS) is 19.4. The third kappa shape index (κ3) is 16.7. The summed E-state index contributed by atoms with van der Waals surface area (Å²) in [6.45, 7) is 15.3. The number of hydrogen-bond acceptors (Lipinski definition) is 11. The lowest BCUT2D eigenvalue weighted by molar-refractivity contribution is -0.191. The molecular weight excluding hydrogens is 1180 g/mol. The van der Waals surface area contributed by atoms with Gasteiger partial charge in [0.05, 0.1) is 21.8 Å². The molecule has 0 saturated heterocycles. The van der Waals surface area contributed by atoms with Crippen LogP contribution in [0.25, 0.3) is 10.9 Å². The van der Waals surface area contributed by atoms with E-state index in [1.54, 1.807) is 36.2 Å². The van der Waals surface area contributed by atoms with E-state index in [2.05, 4.69) is 82.4 Å². The maximum absolute atomic E-state index is 13.3. The first kappa shape index (κ1) is 68.8. The van der Waals surface area contributed by atoms with E-state index in [1.165, 1.54) is 58.3 Å². The van der Waals surface area contributed by atoms with Crippen LogP contribution in [0.3, 0.4) is 0 Å². The molecule has 2 saturated carbocycles. The molecule has 2 fully saturated rings. The van der Waals surface area contributed by atoms with E-state index < -0.39 is 16.1 Å². The van der Waals surface area contributed by atoms with E-state index in [0.29, 0.717) is 51.3 Å². The summed E-state index contributed by atoms with van der Waals surface area (Å²) in [6, 6.07) is 54.9. The van der Waals surface area contributed by atoms with Crippen molar-refractivity contribution in [3.63, 3.8) is 0 Å². The number of carbonyl (C=O) groups excluding carboxylic acids is 3. The standard InChI is InChI=1S/C27H31NO3S.C25H38O2S.C23H21NO2S.CO2/c1-3-23(28-27(30)31-19-20-11-7-5-8-12-20)17-21-15-16-25(29)24(18-21)26(32-4-2)22-13-9-6-10-14-22;1-4-6-7-23(28-5-2)20-15-19-16(14-22(20)26)8-9-18-17(19)12-13-25(3)21(18)10-11-24(25)27;1-17-12-14-20(15-13-17)27(25,26)24-16-22(21-10-6-7-11-23(21)24)18(2)19-8-4-3-5-9-19;2-1-3/h5-16,18,23,26,29H,3-4,17,19H2,1-2H3,(H,28,30);14-15,17-18,21,23-24,26-27H,4-13H2,1-3H3;3-16,18H,1-2H3;/t;17-,18-,21-,23?,24-,25-;;/m.0../s1. The molecular formula is C76H90N2O9S3. The molecule has 0 aliphatic heterocycles. The minimum absolute atomic E-state index is 0.0512. The number of rotatable bonds is 20. The molecule has 3 aliphatic rings. The number of phenolic OH excluding ortho intramolecular Hbond substituents is 2. The number of aliphatic hydroxyl groups excluding tert-OH is 1. The van der Waals surface area contributed by atoms with Gasteiger partial charge in [0.1, 0.15) is 18.1 Å². The predicted octanol–water partition coefficient (Wildman–Crippen LogP) is 17.8. The first-order chi connectivity index (χ1) is 43.5. The van der Waals surface area contributed by atoms with Crippen LogP contribution in [0.2, 0.25) is 0 Å². The van der Waals surface area contributed by atoms with Crippen LogP contribution < -0.4 is 5.32 Å². The van der Waals surface area contributed by atoms with Gasteiger partial charge in [0.2, 0.25) is 0 Å². The lowest BCUT2D eigenvalue weighted by Gasteiger charge is -2.50. The van der Waals surface area contributed by atoms with Gasteiger partial charge in [-0.3, -0.25) is 0 Å². The number of para-hydroxylation sites is 1. The van der Waals surface area contributed by atoms with Gasteiger partial charge < -0.3 is 25.4 Å². The fourth-order valence-corrected chi connectivity index (χ4v) is 17.4. The van der Waals surface area contributed by atoms with E-state index in [4.69, 9.17) is 14.3 Å². The number of hydrogen-bond donors (Lipinski definition) is 4. The van der Waals surface area contributed by atoms with Crippen molar-refractivity contribution in [2.75, 3.05) is 11.5 Å². The molecule has 8 aromatic rings. The Bertz CT molecular complexity index is 3720. The van der Waals surface area contributed by atoms with E-state index in [1.807, 2.05) is 135 Å². The molecule has 14 heteroatoms. The number of amides is 1. The van der Waals surface area contributed by atoms with Crippen LogP contribution in [0.4, 0.5) is 4.79 Å². The Kier molecular flexibility index (Phi) is 25.1. The van der Waals surface area contributed by atoms with Crippen molar-refractivity contribution in [3.05, 3.63) is 232 Å². The fourth-order valence-electron chi connectivity index (χ4n) is 13.9. The number of nitrogens with one attached hydrogen (secondary N) is 1. The monoisotopic (exact) mass is 1270 g/mol. The summed E-state index contributed by atoms with van der Waals surface area (Å²) in [5.41, 5.74) is 12.3. The number of aromatic hydroxyl groups is 2. The Morgan fingerprint density at radius 1 is 0.733 bits per heavy atom. The van der Waals surface area contributed by atoms with Crippen LogP contribution in [0.1, 0.15) is 177 Å². The summed E-state index contributed by atoms with van der Waals surface area (Å²) in [6.07, 6.45) is 13.4. The molecule has 0 bridgehead atoms. The lowest BCUT2D eigenvalue weighted by atomic mass is 9.55. The second kappa shape index (κ2) is 32.8. The zero-order valence-electron chi connectivity index (χ0n) is 53.2. The minimum Gasteiger partial charge on any atom is -0.508 e. The molecule has 4 N–H and O–H groups in total. The van der Waals surface area contributed by atoms with Crippen LogP contribution in [-0.4, -0.2) is 63.6 Å². The molecule has 9 atom stereocenters. The van der Waals surface area contributed by atoms with Crippen molar-refractivity contribution in [2.24, 2.45) is 17.3 Å². The Morgan fingerprint density at radius 3 is 2.03 bits per heavy atom. The zero-order valence-corrected chi connectivity index (χ0v) is 55.7. The maximum atomic E-state index is 13.3. The molecule has 11 rings (SSSR count). The largest absolute Gasteiger partial charge is 0.508 e. The molecule has 476 valence electrons. The van der Waals surface area contributed by atoms with Crippen molar-refractivity contribution in [1.29, 1.82) is 0 Å². The summed E-state index contributed by atoms with van der Waals surface area (Å²) in [7, 11) is -3.66. The average molecular weight is 1270 g/mol. The molecule has 0 spiro atoms. The highest BCUT2D eigenvalue weighted by molar-refractivity contribution is 7.99. The van der Waals surface area contributed by atoms with Crippen molar-refractivity contribution >= 4 is 56.7 Å². The highest BCUT2D eigenvalue weighted by atomic mass is 32.2. The summed E-state index contributed by atoms with van der Waals surface area (Å²) in [5, 5.41) is 36.5. The summed E-state index contributed by atoms with van der Waals surface area (Å²) in [5.74, 6) is 4.96. The van der Waals surface area contributed by atoms with Crippen molar-refractivity contribution in [1.82, 2.24) is 9.29 Å². The van der Waals surface area contributed by atoms with Crippen molar-refractivity contribution in [3.8, 4) is 11.5 Å². The van der Waals surface area contributed by atoms with Gasteiger partial charge in [-0.25, -0.2) is 17.2 Å². The molecule has 1 amide bonds. The van der Waals surface area contributed by atoms with Crippen LogP contribution in [-0.2, 0) is 43.8 Å². The number of aromatic nitrogens is 1. The van der Waals surface area contributed by atoms with Crippen LogP contribution in [0.5, 0.6) is 11.5 Å². The molecule has 11 nitrogen and oxygen atoms in total. The Balaban J connectivity index is 0.000000171. The van der Waals surface area contributed by atoms with Gasteiger partial charge in [0.15, 0.2) is 0 Å². The van der Waals surface area contributed by atoms with E-state index in [0.717, 1.165) is 82.4 Å². The number of thioether (sulfide) groups is 2. The first-order valence-electron chi connectivity index (χ1n) is 32.1. The Labute approximate surface area is 542 Å². The maximum Gasteiger partial charge on any atom is 0.407 e. The van der Waals surface area contributed by atoms with Gasteiger partial charge in [0.25, 0.3) is 10.0 Å². The van der Waals surface area contributed by atoms with E-state index in [9.17, 15) is 28.5 Å². The number of ether oxygens (including phenoxy) is 1. The topological polar surface area (TPSA) is 172 Å². The number of carbonyl (C=O) groups is 1. The highest BCUT2D eigenvalue weighted by Crippen LogP contribution is 2.61. The SMILES string of the molecule is CCCCC(SCC)c1cc2c(cc1O)CC[C@H]1[C@@H]2CC[C@]2(C)[C@@H](O)CC[C@@H]12.CCSC(c1ccccc1)c1cc(CC(CC)NC(=O)OCc2ccccc2)ccc1O.Cc1ccc(S(=O)(=O)n2cc(C(C)c3ccccc3)c3ccccc32)cc1.O=C=O. The average Bonchev–Trinajstić information content (AvgIpc) is 1.76. The third-order valence-electron chi connectivity index (χ3n) is 18.7. The fraction of sp³-hybridized carbons (Fsp3) is 0.395. The van der Waals surface area contributed by atoms with E-state index >= 15 is 0 Å². The molecule has 4 unspecified atom stereocenters. The molecule has 0 radical (unpaired) electrons. The van der Waals surface area contributed by atoms with Gasteiger partial charge >= 0.3 is 12.2 Å². The molecule has 90 heavy (non-hydrogen) atoms. The van der Waals surface area contributed by atoms with Crippen LogP contribution >= 0.6 is 23.5 Å². The van der Waals surface area contributed by atoms with Crippen LogP contribution in [0.15, 0.2) is 181 Å². The number of nitrogens with zero attached hydrogens (tertiary/aromatic N) is 1. The van der Waals surface area contributed by atoms with Crippen molar-refractivity contribution < 1.29 is 42.9 Å². The van der Waals surface area contributed by atoms with Gasteiger partial charge in [-0.2, -0.15) is 21.4 Å². The highest BCUT2D eigenvalue weighted by Gasteiger charge is 2.54. The third-order valence-corrected chi connectivity index (χ3v) is 22.8.